The van der Waals surface area contributed by atoms with Crippen LogP contribution in [0.25, 0.3) is 10.8 Å². The van der Waals surface area contributed by atoms with E-state index in [-0.39, 0.29) is 0 Å². The lowest BCUT2D eigenvalue weighted by atomic mass is 10.1. The number of benzene rings is 3. The largest absolute Gasteiger partial charge is 0.383 e. The van der Waals surface area contributed by atoms with Crippen LogP contribution in [0.5, 0.6) is 0 Å². The summed E-state index contributed by atoms with van der Waals surface area (Å²) in [4.78, 5) is 0.336. The van der Waals surface area contributed by atoms with Crippen molar-refractivity contribution in [2.45, 2.75) is 18.7 Å². The Morgan fingerprint density at radius 3 is 2.44 bits per heavy atom. The Bertz CT molecular complexity index is 992. The van der Waals surface area contributed by atoms with E-state index in [0.717, 1.165) is 27.6 Å². The van der Waals surface area contributed by atoms with Gasteiger partial charge >= 0.3 is 0 Å². The van der Waals surface area contributed by atoms with Gasteiger partial charge in [-0.3, -0.25) is 0 Å². The van der Waals surface area contributed by atoms with Crippen LogP contribution in [0.2, 0.25) is 0 Å². The van der Waals surface area contributed by atoms with Gasteiger partial charge in [-0.25, -0.2) is 13.1 Å². The molecule has 2 N–H and O–H groups in total. The summed E-state index contributed by atoms with van der Waals surface area (Å²) in [6.45, 7) is 4.60. The molecule has 0 radical (unpaired) electrons. The highest BCUT2D eigenvalue weighted by molar-refractivity contribution is 7.89. The maximum absolute atomic E-state index is 12.4. The molecule has 4 nitrogen and oxygen atoms in total. The van der Waals surface area contributed by atoms with E-state index in [4.69, 9.17) is 0 Å². The Morgan fingerprint density at radius 2 is 1.64 bits per heavy atom. The Hall–Kier alpha value is -2.37. The van der Waals surface area contributed by atoms with Crippen LogP contribution in [0.3, 0.4) is 0 Å². The predicted molar refractivity (Wildman–Crippen MR) is 104 cm³/mol. The van der Waals surface area contributed by atoms with Gasteiger partial charge in [0.25, 0.3) is 0 Å². The molecule has 0 bridgehead atoms. The van der Waals surface area contributed by atoms with Gasteiger partial charge in [0.1, 0.15) is 0 Å². The standard InChI is InChI=1S/C20H22N2O2S/c1-15-10-11-20(16(2)14-15)25(23,24)22-13-12-21-19-9-5-7-17-6-3-4-8-18(17)19/h3-11,14,21-22H,12-13H2,1-2H3. The predicted octanol–water partition coefficient (Wildman–Crippen LogP) is 3.85. The lowest BCUT2D eigenvalue weighted by molar-refractivity contribution is 0.582. The molecule has 0 aliphatic rings. The molecular formula is C20H22N2O2S. The number of hydrogen-bond acceptors (Lipinski definition) is 3. The Labute approximate surface area is 148 Å². The fourth-order valence-corrected chi connectivity index (χ4v) is 4.20. The van der Waals surface area contributed by atoms with Crippen molar-refractivity contribution in [3.05, 3.63) is 71.8 Å². The molecule has 0 amide bonds. The van der Waals surface area contributed by atoms with Crippen molar-refractivity contribution in [3.8, 4) is 0 Å². The summed E-state index contributed by atoms with van der Waals surface area (Å²) in [6.07, 6.45) is 0. The normalized spacial score (nSPS) is 11.6. The van der Waals surface area contributed by atoms with Crippen molar-refractivity contribution in [1.82, 2.24) is 4.72 Å². The summed E-state index contributed by atoms with van der Waals surface area (Å²) >= 11 is 0. The van der Waals surface area contributed by atoms with Crippen LogP contribution in [0.15, 0.2) is 65.6 Å². The first-order valence-corrected chi connectivity index (χ1v) is 9.74. The molecule has 130 valence electrons. The third-order valence-electron chi connectivity index (χ3n) is 4.14. The molecule has 0 unspecified atom stereocenters. The third kappa shape index (κ3) is 4.00. The van der Waals surface area contributed by atoms with E-state index in [2.05, 4.69) is 28.2 Å². The second-order valence-electron chi connectivity index (χ2n) is 6.12. The zero-order valence-corrected chi connectivity index (χ0v) is 15.2. The maximum atomic E-state index is 12.4. The second-order valence-corrected chi connectivity index (χ2v) is 7.86. The first-order valence-electron chi connectivity index (χ1n) is 8.26. The molecule has 0 spiro atoms. The molecule has 0 atom stereocenters. The number of nitrogens with one attached hydrogen (secondary N) is 2. The van der Waals surface area contributed by atoms with Crippen LogP contribution >= 0.6 is 0 Å². The highest BCUT2D eigenvalue weighted by atomic mass is 32.2. The monoisotopic (exact) mass is 354 g/mol. The van der Waals surface area contributed by atoms with Gasteiger partial charge < -0.3 is 5.32 Å². The highest BCUT2D eigenvalue weighted by Gasteiger charge is 2.15. The van der Waals surface area contributed by atoms with Crippen LogP contribution in [-0.4, -0.2) is 21.5 Å². The van der Waals surface area contributed by atoms with Gasteiger partial charge in [0, 0.05) is 24.2 Å². The maximum Gasteiger partial charge on any atom is 0.240 e. The molecule has 0 saturated carbocycles. The zero-order chi connectivity index (χ0) is 17.9. The Balaban J connectivity index is 1.64. The summed E-state index contributed by atoms with van der Waals surface area (Å²) in [5.41, 5.74) is 2.81. The van der Waals surface area contributed by atoms with Gasteiger partial charge in [-0.2, -0.15) is 0 Å². The molecule has 3 aromatic rings. The average molecular weight is 354 g/mol. The summed E-state index contributed by atoms with van der Waals surface area (Å²) in [5.74, 6) is 0. The van der Waals surface area contributed by atoms with Gasteiger partial charge in [-0.05, 0) is 36.9 Å². The van der Waals surface area contributed by atoms with Crippen LogP contribution in [-0.2, 0) is 10.0 Å². The lowest BCUT2D eigenvalue weighted by Gasteiger charge is -2.12. The third-order valence-corrected chi connectivity index (χ3v) is 5.76. The Morgan fingerprint density at radius 1 is 0.880 bits per heavy atom. The van der Waals surface area contributed by atoms with Gasteiger partial charge in [0.2, 0.25) is 10.0 Å². The van der Waals surface area contributed by atoms with Gasteiger partial charge in [-0.1, -0.05) is 54.1 Å². The number of sulfonamides is 1. The zero-order valence-electron chi connectivity index (χ0n) is 14.4. The molecule has 5 heteroatoms. The van der Waals surface area contributed by atoms with Crippen molar-refractivity contribution < 1.29 is 8.42 Å². The van der Waals surface area contributed by atoms with Crippen molar-refractivity contribution in [2.24, 2.45) is 0 Å². The number of aryl methyl sites for hydroxylation is 2. The number of fused-ring (bicyclic) bond motifs is 1. The quantitative estimate of drug-likeness (QED) is 0.661. The minimum Gasteiger partial charge on any atom is -0.383 e. The first-order chi connectivity index (χ1) is 12.0. The van der Waals surface area contributed by atoms with E-state index in [1.165, 1.54) is 0 Å². The van der Waals surface area contributed by atoms with Gasteiger partial charge in [-0.15, -0.1) is 0 Å². The van der Waals surface area contributed by atoms with E-state index in [1.54, 1.807) is 6.07 Å². The van der Waals surface area contributed by atoms with Crippen molar-refractivity contribution in [2.75, 3.05) is 18.4 Å². The lowest BCUT2D eigenvalue weighted by Crippen LogP contribution is -2.29. The van der Waals surface area contributed by atoms with E-state index >= 15 is 0 Å². The topological polar surface area (TPSA) is 58.2 Å². The van der Waals surface area contributed by atoms with Crippen molar-refractivity contribution in [3.63, 3.8) is 0 Å². The van der Waals surface area contributed by atoms with E-state index < -0.39 is 10.0 Å². The minimum absolute atomic E-state index is 0.318. The van der Waals surface area contributed by atoms with Crippen LogP contribution in [0, 0.1) is 13.8 Å². The molecular weight excluding hydrogens is 332 g/mol. The average Bonchev–Trinajstić information content (AvgIpc) is 2.58. The van der Waals surface area contributed by atoms with E-state index in [9.17, 15) is 8.42 Å². The molecule has 0 aromatic heterocycles. The van der Waals surface area contributed by atoms with Crippen molar-refractivity contribution >= 4 is 26.5 Å². The minimum atomic E-state index is -3.49. The molecule has 25 heavy (non-hydrogen) atoms. The van der Waals surface area contributed by atoms with Gasteiger partial charge in [0.05, 0.1) is 4.90 Å². The molecule has 0 aliphatic carbocycles. The first kappa shape index (κ1) is 17.5. The fraction of sp³-hybridized carbons (Fsp3) is 0.200. The smallest absolute Gasteiger partial charge is 0.240 e. The summed E-state index contributed by atoms with van der Waals surface area (Å²) in [6, 6.07) is 19.5. The number of anilines is 1. The number of rotatable bonds is 6. The second kappa shape index (κ2) is 7.25. The summed E-state index contributed by atoms with van der Waals surface area (Å²) < 4.78 is 27.6. The molecule has 0 aliphatic heterocycles. The molecule has 3 aromatic carbocycles. The SMILES string of the molecule is Cc1ccc(S(=O)(=O)NCCNc2cccc3ccccc23)c(C)c1. The summed E-state index contributed by atoms with van der Waals surface area (Å²) in [7, 11) is -3.49. The van der Waals surface area contributed by atoms with Crippen LogP contribution in [0.1, 0.15) is 11.1 Å². The van der Waals surface area contributed by atoms with E-state index in [1.807, 2.05) is 50.2 Å². The van der Waals surface area contributed by atoms with Crippen molar-refractivity contribution in [1.29, 1.82) is 0 Å². The summed E-state index contributed by atoms with van der Waals surface area (Å²) in [5, 5.41) is 5.59. The van der Waals surface area contributed by atoms with Gasteiger partial charge in [0.15, 0.2) is 0 Å². The van der Waals surface area contributed by atoms with Crippen LogP contribution < -0.4 is 10.0 Å². The Kier molecular flexibility index (Phi) is 5.06. The van der Waals surface area contributed by atoms with E-state index in [0.29, 0.717) is 18.0 Å². The highest BCUT2D eigenvalue weighted by Crippen LogP contribution is 2.22. The molecule has 0 fully saturated rings. The van der Waals surface area contributed by atoms with Crippen LogP contribution in [0.4, 0.5) is 5.69 Å². The molecule has 0 saturated heterocycles. The molecule has 3 rings (SSSR count). The number of hydrogen-bond donors (Lipinski definition) is 2. The fourth-order valence-electron chi connectivity index (χ4n) is 2.94. The molecule has 0 heterocycles.